The maximum Gasteiger partial charge on any atom is 0.0540 e. The van der Waals surface area contributed by atoms with Gasteiger partial charge in [0, 0.05) is 6.54 Å². The second-order valence-corrected chi connectivity index (χ2v) is 5.97. The molecule has 0 bridgehead atoms. The third-order valence-electron chi connectivity index (χ3n) is 3.71. The number of aliphatic hydroxyl groups excluding tert-OH is 1. The first-order valence-corrected chi connectivity index (χ1v) is 6.94. The summed E-state index contributed by atoms with van der Waals surface area (Å²) in [4.78, 5) is 2.48. The predicted octanol–water partition coefficient (Wildman–Crippen LogP) is 2.91. The van der Waals surface area contributed by atoms with E-state index in [0.717, 1.165) is 24.7 Å². The van der Waals surface area contributed by atoms with Gasteiger partial charge in [0.05, 0.1) is 6.10 Å². The minimum Gasteiger partial charge on any atom is -0.393 e. The summed E-state index contributed by atoms with van der Waals surface area (Å²) in [5, 5.41) is 9.45. The molecule has 0 radical (unpaired) electrons. The lowest BCUT2D eigenvalue weighted by Gasteiger charge is -2.29. The second kappa shape index (κ2) is 7.29. The van der Waals surface area contributed by atoms with Gasteiger partial charge in [-0.2, -0.15) is 0 Å². The van der Waals surface area contributed by atoms with Crippen LogP contribution in [-0.4, -0.2) is 36.2 Å². The highest BCUT2D eigenvalue weighted by Crippen LogP contribution is 2.24. The Morgan fingerprint density at radius 1 is 1.19 bits per heavy atom. The van der Waals surface area contributed by atoms with Crippen LogP contribution in [0.1, 0.15) is 52.4 Å². The molecule has 0 atom stereocenters. The Bertz CT molecular complexity index is 174. The van der Waals surface area contributed by atoms with Gasteiger partial charge in [0.2, 0.25) is 0 Å². The van der Waals surface area contributed by atoms with E-state index in [1.165, 1.54) is 38.8 Å². The molecule has 1 saturated carbocycles. The molecule has 0 aliphatic heterocycles. The zero-order chi connectivity index (χ0) is 12.0. The van der Waals surface area contributed by atoms with Crippen molar-refractivity contribution in [3.8, 4) is 0 Å². The lowest BCUT2D eigenvalue weighted by atomic mass is 9.87. The van der Waals surface area contributed by atoms with Crippen molar-refractivity contribution in [3.63, 3.8) is 0 Å². The fourth-order valence-corrected chi connectivity index (χ4v) is 2.63. The van der Waals surface area contributed by atoms with E-state index in [4.69, 9.17) is 0 Å². The van der Waals surface area contributed by atoms with Crippen LogP contribution in [0.25, 0.3) is 0 Å². The van der Waals surface area contributed by atoms with Crippen molar-refractivity contribution in [3.05, 3.63) is 0 Å². The fourth-order valence-electron chi connectivity index (χ4n) is 2.63. The summed E-state index contributed by atoms with van der Waals surface area (Å²) in [5.74, 6) is 1.66. The van der Waals surface area contributed by atoms with Crippen molar-refractivity contribution in [1.82, 2.24) is 4.90 Å². The molecule has 16 heavy (non-hydrogen) atoms. The monoisotopic (exact) mass is 227 g/mol. The van der Waals surface area contributed by atoms with Gasteiger partial charge in [0.15, 0.2) is 0 Å². The molecule has 0 amide bonds. The highest BCUT2D eigenvalue weighted by molar-refractivity contribution is 4.73. The van der Waals surface area contributed by atoms with Gasteiger partial charge in [-0.15, -0.1) is 0 Å². The maximum absolute atomic E-state index is 9.45. The highest BCUT2D eigenvalue weighted by Gasteiger charge is 2.20. The first kappa shape index (κ1) is 14.0. The molecular weight excluding hydrogens is 198 g/mol. The average Bonchev–Trinajstić information content (AvgIpc) is 2.21. The van der Waals surface area contributed by atoms with Crippen molar-refractivity contribution in [2.75, 3.05) is 20.1 Å². The Morgan fingerprint density at radius 3 is 2.38 bits per heavy atom. The van der Waals surface area contributed by atoms with Gasteiger partial charge < -0.3 is 10.0 Å². The van der Waals surface area contributed by atoms with Gasteiger partial charge in [0.1, 0.15) is 0 Å². The van der Waals surface area contributed by atoms with Gasteiger partial charge in [-0.3, -0.25) is 0 Å². The normalized spacial score (nSPS) is 26.6. The van der Waals surface area contributed by atoms with Crippen molar-refractivity contribution in [2.45, 2.75) is 58.5 Å². The molecule has 1 aliphatic rings. The first-order valence-electron chi connectivity index (χ1n) is 6.94. The molecule has 1 N–H and O–H groups in total. The molecule has 2 heteroatoms. The Hall–Kier alpha value is -0.0800. The first-order chi connectivity index (χ1) is 7.58. The number of rotatable bonds is 6. The molecule has 2 nitrogen and oxygen atoms in total. The SMILES string of the molecule is CC(C)CCCN(C)CC1CCC(O)CC1. The third kappa shape index (κ3) is 5.86. The molecule has 0 unspecified atom stereocenters. The molecule has 1 aliphatic carbocycles. The van der Waals surface area contributed by atoms with E-state index in [-0.39, 0.29) is 6.10 Å². The maximum atomic E-state index is 9.45. The van der Waals surface area contributed by atoms with Crippen LogP contribution in [0.5, 0.6) is 0 Å². The Morgan fingerprint density at radius 2 is 1.81 bits per heavy atom. The highest BCUT2D eigenvalue weighted by atomic mass is 16.3. The minimum atomic E-state index is -0.0116. The predicted molar refractivity (Wildman–Crippen MR) is 69.5 cm³/mol. The van der Waals surface area contributed by atoms with Crippen LogP contribution in [0.15, 0.2) is 0 Å². The third-order valence-corrected chi connectivity index (χ3v) is 3.71. The van der Waals surface area contributed by atoms with Gasteiger partial charge >= 0.3 is 0 Å². The van der Waals surface area contributed by atoms with Crippen molar-refractivity contribution >= 4 is 0 Å². The van der Waals surface area contributed by atoms with Crippen LogP contribution in [-0.2, 0) is 0 Å². The van der Waals surface area contributed by atoms with Gasteiger partial charge in [-0.1, -0.05) is 13.8 Å². The molecule has 0 aromatic carbocycles. The number of aliphatic hydroxyl groups is 1. The molecule has 0 aromatic rings. The fraction of sp³-hybridized carbons (Fsp3) is 1.00. The van der Waals surface area contributed by atoms with E-state index < -0.39 is 0 Å². The van der Waals surface area contributed by atoms with Crippen LogP contribution in [0.3, 0.4) is 0 Å². The van der Waals surface area contributed by atoms with Gasteiger partial charge in [-0.05, 0) is 64.0 Å². The summed E-state index contributed by atoms with van der Waals surface area (Å²) < 4.78 is 0. The van der Waals surface area contributed by atoms with Crippen LogP contribution in [0, 0.1) is 11.8 Å². The van der Waals surface area contributed by atoms with Crippen molar-refractivity contribution in [2.24, 2.45) is 11.8 Å². The molecule has 1 fully saturated rings. The van der Waals surface area contributed by atoms with E-state index in [1.807, 2.05) is 0 Å². The summed E-state index contributed by atoms with van der Waals surface area (Å²) in [5.41, 5.74) is 0. The smallest absolute Gasteiger partial charge is 0.0540 e. The molecule has 0 saturated heterocycles. The standard InChI is InChI=1S/C14H29NO/c1-12(2)5-4-10-15(3)11-13-6-8-14(16)9-7-13/h12-14,16H,4-11H2,1-3H3. The van der Waals surface area contributed by atoms with Crippen molar-refractivity contribution < 1.29 is 5.11 Å². The van der Waals surface area contributed by atoms with E-state index in [1.54, 1.807) is 0 Å². The quantitative estimate of drug-likeness (QED) is 0.754. The molecule has 0 aromatic heterocycles. The number of hydrogen-bond acceptors (Lipinski definition) is 2. The zero-order valence-corrected chi connectivity index (χ0v) is 11.3. The van der Waals surface area contributed by atoms with Crippen LogP contribution in [0.2, 0.25) is 0 Å². The lowest BCUT2D eigenvalue weighted by Crippen LogP contribution is -2.30. The summed E-state index contributed by atoms with van der Waals surface area (Å²) in [6.07, 6.45) is 7.12. The number of nitrogens with zero attached hydrogens (tertiary/aromatic N) is 1. The molecular formula is C14H29NO. The topological polar surface area (TPSA) is 23.5 Å². The van der Waals surface area contributed by atoms with Gasteiger partial charge in [0.25, 0.3) is 0 Å². The van der Waals surface area contributed by atoms with E-state index in [9.17, 15) is 5.11 Å². The van der Waals surface area contributed by atoms with Crippen molar-refractivity contribution in [1.29, 1.82) is 0 Å². The van der Waals surface area contributed by atoms with Gasteiger partial charge in [-0.25, -0.2) is 0 Å². The Balaban J connectivity index is 2.07. The van der Waals surface area contributed by atoms with E-state index >= 15 is 0 Å². The average molecular weight is 227 g/mol. The summed E-state index contributed by atoms with van der Waals surface area (Å²) in [6, 6.07) is 0. The zero-order valence-electron chi connectivity index (χ0n) is 11.3. The molecule has 96 valence electrons. The second-order valence-electron chi connectivity index (χ2n) is 5.97. The molecule has 0 heterocycles. The Labute approximate surface area is 101 Å². The summed E-state index contributed by atoms with van der Waals surface area (Å²) in [7, 11) is 2.24. The minimum absolute atomic E-state index is 0.0116. The molecule has 1 rings (SSSR count). The number of hydrogen-bond donors (Lipinski definition) is 1. The van der Waals surface area contributed by atoms with E-state index in [0.29, 0.717) is 0 Å². The van der Waals surface area contributed by atoms with Crippen LogP contribution >= 0.6 is 0 Å². The molecule has 0 spiro atoms. The Kier molecular flexibility index (Phi) is 6.37. The van der Waals surface area contributed by atoms with E-state index in [2.05, 4.69) is 25.8 Å². The summed E-state index contributed by atoms with van der Waals surface area (Å²) in [6.45, 7) is 7.05. The van der Waals surface area contributed by atoms with Crippen LogP contribution < -0.4 is 0 Å². The lowest BCUT2D eigenvalue weighted by molar-refractivity contribution is 0.0973. The van der Waals surface area contributed by atoms with Crippen LogP contribution in [0.4, 0.5) is 0 Å². The largest absolute Gasteiger partial charge is 0.393 e. The summed E-state index contributed by atoms with van der Waals surface area (Å²) >= 11 is 0.